The molecule has 2 rings (SSSR count). The van der Waals surface area contributed by atoms with Crippen molar-refractivity contribution < 1.29 is 9.18 Å². The summed E-state index contributed by atoms with van der Waals surface area (Å²) >= 11 is 3.18. The van der Waals surface area contributed by atoms with Crippen molar-refractivity contribution in [2.75, 3.05) is 7.05 Å². The highest BCUT2D eigenvalue weighted by molar-refractivity contribution is 9.10. The Bertz CT molecular complexity index is 536. The van der Waals surface area contributed by atoms with Crippen molar-refractivity contribution in [3.8, 4) is 0 Å². The van der Waals surface area contributed by atoms with Crippen LogP contribution in [0.1, 0.15) is 16.2 Å². The van der Waals surface area contributed by atoms with Crippen LogP contribution in [0.4, 0.5) is 4.39 Å². The SMILES string of the molecule is CN(Cc1ncc[nH]1)C(=O)c1c(F)cccc1Br. The van der Waals surface area contributed by atoms with Gasteiger partial charge in [0.2, 0.25) is 0 Å². The fourth-order valence-corrected chi connectivity index (χ4v) is 2.09. The standard InChI is InChI=1S/C12H11BrFN3O/c1-17(7-10-15-5-6-16-10)12(18)11-8(13)3-2-4-9(11)14/h2-6H,7H2,1H3,(H,15,16). The average molecular weight is 312 g/mol. The van der Waals surface area contributed by atoms with E-state index in [2.05, 4.69) is 25.9 Å². The number of benzene rings is 1. The minimum Gasteiger partial charge on any atom is -0.347 e. The number of aromatic nitrogens is 2. The van der Waals surface area contributed by atoms with Crippen LogP contribution >= 0.6 is 15.9 Å². The van der Waals surface area contributed by atoms with Gasteiger partial charge >= 0.3 is 0 Å². The molecule has 0 fully saturated rings. The van der Waals surface area contributed by atoms with E-state index in [4.69, 9.17) is 0 Å². The summed E-state index contributed by atoms with van der Waals surface area (Å²) in [5.74, 6) is -0.282. The van der Waals surface area contributed by atoms with Crippen molar-refractivity contribution in [3.63, 3.8) is 0 Å². The number of nitrogens with zero attached hydrogens (tertiary/aromatic N) is 2. The lowest BCUT2D eigenvalue weighted by Crippen LogP contribution is -2.27. The molecule has 0 aliphatic carbocycles. The lowest BCUT2D eigenvalue weighted by molar-refractivity contribution is 0.0776. The highest BCUT2D eigenvalue weighted by Gasteiger charge is 2.19. The summed E-state index contributed by atoms with van der Waals surface area (Å²) in [5.41, 5.74) is 0.0338. The molecule has 6 heteroatoms. The molecule has 4 nitrogen and oxygen atoms in total. The topological polar surface area (TPSA) is 49.0 Å². The second kappa shape index (κ2) is 5.30. The maximum absolute atomic E-state index is 13.6. The average Bonchev–Trinajstić information content (AvgIpc) is 2.81. The molecule has 0 radical (unpaired) electrons. The van der Waals surface area contributed by atoms with Crippen LogP contribution in [0.5, 0.6) is 0 Å². The molecular formula is C12H11BrFN3O. The van der Waals surface area contributed by atoms with Crippen LogP contribution in [0.25, 0.3) is 0 Å². The van der Waals surface area contributed by atoms with E-state index in [1.165, 1.54) is 11.0 Å². The number of aromatic amines is 1. The molecule has 0 saturated heterocycles. The van der Waals surface area contributed by atoms with Crippen LogP contribution < -0.4 is 0 Å². The van der Waals surface area contributed by atoms with E-state index >= 15 is 0 Å². The Kier molecular flexibility index (Phi) is 3.76. The Morgan fingerprint density at radius 3 is 2.94 bits per heavy atom. The van der Waals surface area contributed by atoms with E-state index in [1.807, 2.05) is 0 Å². The zero-order valence-corrected chi connectivity index (χ0v) is 11.2. The first kappa shape index (κ1) is 12.8. The van der Waals surface area contributed by atoms with Gasteiger partial charge in [-0.25, -0.2) is 9.37 Å². The van der Waals surface area contributed by atoms with Crippen LogP contribution in [-0.2, 0) is 6.54 Å². The molecule has 1 amide bonds. The predicted molar refractivity (Wildman–Crippen MR) is 68.5 cm³/mol. The molecular weight excluding hydrogens is 301 g/mol. The third kappa shape index (κ3) is 2.59. The molecule has 1 aromatic carbocycles. The van der Waals surface area contributed by atoms with Crippen LogP contribution in [0, 0.1) is 5.82 Å². The molecule has 0 saturated carbocycles. The zero-order valence-electron chi connectivity index (χ0n) is 9.65. The number of halogens is 2. The molecule has 18 heavy (non-hydrogen) atoms. The van der Waals surface area contributed by atoms with E-state index < -0.39 is 11.7 Å². The van der Waals surface area contributed by atoms with Gasteiger partial charge in [0.25, 0.3) is 5.91 Å². The van der Waals surface area contributed by atoms with Crippen molar-refractivity contribution in [2.45, 2.75) is 6.54 Å². The third-order valence-electron chi connectivity index (χ3n) is 2.47. The molecule has 0 bridgehead atoms. The maximum atomic E-state index is 13.6. The smallest absolute Gasteiger partial charge is 0.258 e. The van der Waals surface area contributed by atoms with Gasteiger partial charge in [0.1, 0.15) is 11.6 Å². The second-order valence-corrected chi connectivity index (χ2v) is 4.65. The van der Waals surface area contributed by atoms with Gasteiger partial charge in [-0.3, -0.25) is 4.79 Å². The first-order chi connectivity index (χ1) is 8.59. The van der Waals surface area contributed by atoms with E-state index in [-0.39, 0.29) is 5.56 Å². The number of imidazole rings is 1. The van der Waals surface area contributed by atoms with E-state index in [9.17, 15) is 9.18 Å². The molecule has 94 valence electrons. The van der Waals surface area contributed by atoms with Gasteiger partial charge < -0.3 is 9.88 Å². The van der Waals surface area contributed by atoms with Crippen molar-refractivity contribution in [1.82, 2.24) is 14.9 Å². The molecule has 1 heterocycles. The van der Waals surface area contributed by atoms with Crippen molar-refractivity contribution in [1.29, 1.82) is 0 Å². The molecule has 0 unspecified atom stereocenters. The largest absolute Gasteiger partial charge is 0.347 e. The fraction of sp³-hybridized carbons (Fsp3) is 0.167. The summed E-state index contributed by atoms with van der Waals surface area (Å²) < 4.78 is 14.1. The minimum atomic E-state index is -0.541. The van der Waals surface area contributed by atoms with Gasteiger partial charge in [-0.15, -0.1) is 0 Å². The predicted octanol–water partition coefficient (Wildman–Crippen LogP) is 2.58. The molecule has 0 spiro atoms. The molecule has 0 aliphatic rings. The number of amides is 1. The maximum Gasteiger partial charge on any atom is 0.258 e. The molecule has 0 atom stereocenters. The number of carbonyl (C=O) groups excluding carboxylic acids is 1. The van der Waals surface area contributed by atoms with Crippen molar-refractivity contribution in [3.05, 3.63) is 52.3 Å². The van der Waals surface area contributed by atoms with Gasteiger partial charge in [0.05, 0.1) is 12.1 Å². The summed E-state index contributed by atoms with van der Waals surface area (Å²) in [7, 11) is 1.60. The number of rotatable bonds is 3. The first-order valence-corrected chi connectivity index (χ1v) is 6.06. The number of nitrogens with one attached hydrogen (secondary N) is 1. The molecule has 1 aromatic heterocycles. The minimum absolute atomic E-state index is 0.0338. The summed E-state index contributed by atoms with van der Waals surface area (Å²) in [6, 6.07) is 4.44. The van der Waals surface area contributed by atoms with E-state index in [0.29, 0.717) is 16.8 Å². The molecule has 2 aromatic rings. The van der Waals surface area contributed by atoms with Gasteiger partial charge in [0.15, 0.2) is 0 Å². The Balaban J connectivity index is 2.21. The fourth-order valence-electron chi connectivity index (χ4n) is 1.57. The third-order valence-corrected chi connectivity index (χ3v) is 3.13. The van der Waals surface area contributed by atoms with Gasteiger partial charge in [-0.05, 0) is 28.1 Å². The monoisotopic (exact) mass is 311 g/mol. The number of H-pyrrole nitrogens is 1. The van der Waals surface area contributed by atoms with Gasteiger partial charge in [-0.2, -0.15) is 0 Å². The van der Waals surface area contributed by atoms with Gasteiger partial charge in [-0.1, -0.05) is 6.07 Å². The van der Waals surface area contributed by atoms with Crippen molar-refractivity contribution >= 4 is 21.8 Å². The van der Waals surface area contributed by atoms with Crippen LogP contribution in [0.3, 0.4) is 0 Å². The molecule has 0 aliphatic heterocycles. The summed E-state index contributed by atoms with van der Waals surface area (Å²) in [4.78, 5) is 20.4. The Labute approximate surface area is 112 Å². The number of carbonyl (C=O) groups is 1. The van der Waals surface area contributed by atoms with Crippen molar-refractivity contribution in [2.24, 2.45) is 0 Å². The van der Waals surface area contributed by atoms with E-state index in [1.54, 1.807) is 31.6 Å². The van der Waals surface area contributed by atoms with E-state index in [0.717, 1.165) is 0 Å². The summed E-state index contributed by atoms with van der Waals surface area (Å²) in [6.45, 7) is 0.298. The molecule has 1 N–H and O–H groups in total. The summed E-state index contributed by atoms with van der Waals surface area (Å²) in [6.07, 6.45) is 3.28. The highest BCUT2D eigenvalue weighted by Crippen LogP contribution is 2.21. The van der Waals surface area contributed by atoms with Crippen LogP contribution in [-0.4, -0.2) is 27.8 Å². The first-order valence-electron chi connectivity index (χ1n) is 5.27. The Hall–Kier alpha value is -1.69. The normalized spacial score (nSPS) is 10.4. The van der Waals surface area contributed by atoms with Gasteiger partial charge in [0, 0.05) is 23.9 Å². The number of hydrogen-bond acceptors (Lipinski definition) is 2. The Morgan fingerprint density at radius 2 is 2.33 bits per heavy atom. The van der Waals surface area contributed by atoms with Crippen LogP contribution in [0.15, 0.2) is 35.1 Å². The quantitative estimate of drug-likeness (QED) is 0.947. The lowest BCUT2D eigenvalue weighted by Gasteiger charge is -2.17. The zero-order chi connectivity index (χ0) is 13.1. The Morgan fingerprint density at radius 1 is 1.56 bits per heavy atom. The highest BCUT2D eigenvalue weighted by atomic mass is 79.9. The number of hydrogen-bond donors (Lipinski definition) is 1. The van der Waals surface area contributed by atoms with Crippen LogP contribution in [0.2, 0.25) is 0 Å². The summed E-state index contributed by atoms with van der Waals surface area (Å²) in [5, 5.41) is 0. The second-order valence-electron chi connectivity index (χ2n) is 3.79. The lowest BCUT2D eigenvalue weighted by atomic mass is 10.2.